The van der Waals surface area contributed by atoms with E-state index in [1.165, 1.54) is 10.5 Å². The first-order valence-electron chi connectivity index (χ1n) is 9.82. The predicted octanol–water partition coefficient (Wildman–Crippen LogP) is 3.72. The van der Waals surface area contributed by atoms with Gasteiger partial charge in [0, 0.05) is 0 Å². The van der Waals surface area contributed by atoms with Gasteiger partial charge in [-0.2, -0.15) is 0 Å². The Morgan fingerprint density at radius 3 is 2.31 bits per heavy atom. The Labute approximate surface area is 170 Å². The van der Waals surface area contributed by atoms with E-state index in [1.54, 1.807) is 25.1 Å². The zero-order valence-electron chi connectivity index (χ0n) is 17.2. The third kappa shape index (κ3) is 3.43. The largest absolute Gasteiger partial charge is 0.486 e. The predicted molar refractivity (Wildman–Crippen MR) is 109 cm³/mol. The van der Waals surface area contributed by atoms with Gasteiger partial charge in [0.05, 0.1) is 6.54 Å². The van der Waals surface area contributed by atoms with E-state index < -0.39 is 11.6 Å². The van der Waals surface area contributed by atoms with Gasteiger partial charge in [0.1, 0.15) is 18.8 Å². The summed E-state index contributed by atoms with van der Waals surface area (Å²) in [6.07, 6.45) is 0. The zero-order valence-corrected chi connectivity index (χ0v) is 17.2. The summed E-state index contributed by atoms with van der Waals surface area (Å²) >= 11 is 0. The van der Waals surface area contributed by atoms with E-state index >= 15 is 0 Å². The molecular weight excluding hydrogens is 368 g/mol. The maximum absolute atomic E-state index is 13.2. The first-order chi connectivity index (χ1) is 13.7. The molecule has 0 aliphatic carbocycles. The third-order valence-electron chi connectivity index (χ3n) is 5.56. The number of fused-ring (bicyclic) bond motifs is 1. The molecule has 6 heteroatoms. The highest BCUT2D eigenvalue weighted by Gasteiger charge is 2.49. The number of imide groups is 1. The van der Waals surface area contributed by atoms with Crippen LogP contribution in [0.1, 0.15) is 44.4 Å². The van der Waals surface area contributed by atoms with Gasteiger partial charge in [-0.3, -0.25) is 9.69 Å². The minimum absolute atomic E-state index is 0.0518. The molecule has 0 saturated carbocycles. The van der Waals surface area contributed by atoms with E-state index in [0.717, 1.165) is 5.56 Å². The van der Waals surface area contributed by atoms with Crippen molar-refractivity contribution >= 4 is 11.9 Å². The van der Waals surface area contributed by atoms with E-state index in [-0.39, 0.29) is 17.9 Å². The van der Waals surface area contributed by atoms with Gasteiger partial charge in [-0.05, 0) is 41.2 Å². The fourth-order valence-electron chi connectivity index (χ4n) is 3.68. The molecule has 2 aromatic rings. The van der Waals surface area contributed by atoms with Crippen molar-refractivity contribution in [1.29, 1.82) is 0 Å². The fourth-order valence-corrected chi connectivity index (χ4v) is 3.68. The van der Waals surface area contributed by atoms with Gasteiger partial charge in [0.2, 0.25) is 0 Å². The van der Waals surface area contributed by atoms with Gasteiger partial charge >= 0.3 is 6.03 Å². The molecule has 2 aromatic carbocycles. The van der Waals surface area contributed by atoms with Crippen LogP contribution in [0.15, 0.2) is 42.5 Å². The average molecular weight is 394 g/mol. The number of ether oxygens (including phenoxy) is 2. The molecular formula is C23H26N2O4. The number of amides is 3. The number of hydrogen-bond donors (Lipinski definition) is 1. The molecule has 1 fully saturated rings. The Kier molecular flexibility index (Phi) is 4.52. The minimum atomic E-state index is -1.14. The quantitative estimate of drug-likeness (QED) is 0.806. The number of benzene rings is 2. The summed E-state index contributed by atoms with van der Waals surface area (Å²) in [4.78, 5) is 27.1. The van der Waals surface area contributed by atoms with Crippen molar-refractivity contribution in [3.63, 3.8) is 0 Å². The molecule has 3 amide bonds. The van der Waals surface area contributed by atoms with E-state index in [0.29, 0.717) is 30.3 Å². The van der Waals surface area contributed by atoms with Crippen LogP contribution in [0, 0.1) is 0 Å². The zero-order chi connectivity index (χ0) is 20.8. The van der Waals surface area contributed by atoms with Crippen molar-refractivity contribution in [1.82, 2.24) is 10.2 Å². The molecule has 1 N–H and O–H groups in total. The Hall–Kier alpha value is -3.02. The SMILES string of the molecule is CC(C)(C)c1ccc(CN2C(=O)N[C@@](C)(c3ccc4c(c3)OCCO4)C2=O)cc1. The molecule has 2 aliphatic rings. The number of hydrogen-bond acceptors (Lipinski definition) is 4. The number of nitrogens with one attached hydrogen (secondary N) is 1. The fraction of sp³-hybridized carbons (Fsp3) is 0.391. The molecule has 2 aliphatic heterocycles. The highest BCUT2D eigenvalue weighted by molar-refractivity contribution is 6.07. The molecule has 2 heterocycles. The monoisotopic (exact) mass is 394 g/mol. The summed E-state index contributed by atoms with van der Waals surface area (Å²) in [6.45, 7) is 9.37. The van der Waals surface area contributed by atoms with E-state index in [9.17, 15) is 9.59 Å². The molecule has 0 radical (unpaired) electrons. The van der Waals surface area contributed by atoms with Crippen molar-refractivity contribution in [3.8, 4) is 11.5 Å². The van der Waals surface area contributed by atoms with Crippen LogP contribution in [0.2, 0.25) is 0 Å². The lowest BCUT2D eigenvalue weighted by Gasteiger charge is -2.25. The lowest BCUT2D eigenvalue weighted by molar-refractivity contribution is -0.131. The lowest BCUT2D eigenvalue weighted by atomic mass is 9.86. The van der Waals surface area contributed by atoms with Crippen molar-refractivity contribution in [2.45, 2.75) is 45.2 Å². The van der Waals surface area contributed by atoms with Crippen molar-refractivity contribution in [2.75, 3.05) is 13.2 Å². The second-order valence-corrected chi connectivity index (χ2v) is 8.75. The van der Waals surface area contributed by atoms with Gasteiger partial charge in [-0.25, -0.2) is 4.79 Å². The number of carbonyl (C=O) groups excluding carboxylic acids is 2. The van der Waals surface area contributed by atoms with Crippen LogP contribution in [0.4, 0.5) is 4.79 Å². The second-order valence-electron chi connectivity index (χ2n) is 8.75. The first-order valence-corrected chi connectivity index (χ1v) is 9.82. The van der Waals surface area contributed by atoms with Crippen LogP contribution >= 0.6 is 0 Å². The van der Waals surface area contributed by atoms with Crippen LogP contribution in [-0.4, -0.2) is 30.1 Å². The van der Waals surface area contributed by atoms with E-state index in [2.05, 4.69) is 26.1 Å². The normalized spacial score (nSPS) is 21.3. The first kappa shape index (κ1) is 19.3. The second kappa shape index (κ2) is 6.79. The molecule has 1 atom stereocenters. The Balaban J connectivity index is 1.57. The molecule has 1 saturated heterocycles. The average Bonchev–Trinajstić information content (AvgIpc) is 2.91. The number of carbonyl (C=O) groups is 2. The maximum Gasteiger partial charge on any atom is 0.325 e. The van der Waals surface area contributed by atoms with Crippen molar-refractivity contribution < 1.29 is 19.1 Å². The molecule has 0 unspecified atom stereocenters. The Morgan fingerprint density at radius 1 is 1.00 bits per heavy atom. The van der Waals surface area contributed by atoms with Gasteiger partial charge < -0.3 is 14.8 Å². The third-order valence-corrected chi connectivity index (χ3v) is 5.56. The van der Waals surface area contributed by atoms with E-state index in [1.807, 2.05) is 24.3 Å². The maximum atomic E-state index is 13.2. The van der Waals surface area contributed by atoms with Crippen LogP contribution in [-0.2, 0) is 22.3 Å². The summed E-state index contributed by atoms with van der Waals surface area (Å²) in [5.74, 6) is 0.962. The molecule has 0 spiro atoms. The topological polar surface area (TPSA) is 67.9 Å². The molecule has 6 nitrogen and oxygen atoms in total. The number of nitrogens with zero attached hydrogens (tertiary/aromatic N) is 1. The summed E-state index contributed by atoms with van der Waals surface area (Å²) in [5, 5.41) is 2.85. The highest BCUT2D eigenvalue weighted by Crippen LogP contribution is 2.37. The van der Waals surface area contributed by atoms with Gasteiger partial charge in [-0.15, -0.1) is 0 Å². The van der Waals surface area contributed by atoms with Gasteiger partial charge in [-0.1, -0.05) is 51.1 Å². The summed E-state index contributed by atoms with van der Waals surface area (Å²) < 4.78 is 11.2. The molecule has 29 heavy (non-hydrogen) atoms. The van der Waals surface area contributed by atoms with E-state index in [4.69, 9.17) is 9.47 Å². The Bertz CT molecular complexity index is 962. The Morgan fingerprint density at radius 2 is 1.66 bits per heavy atom. The lowest BCUT2D eigenvalue weighted by Crippen LogP contribution is -2.41. The van der Waals surface area contributed by atoms with Crippen LogP contribution in [0.3, 0.4) is 0 Å². The summed E-state index contributed by atoms with van der Waals surface area (Å²) in [5.41, 5.74) is 1.70. The molecule has 0 aromatic heterocycles. The summed E-state index contributed by atoms with van der Waals surface area (Å²) in [7, 11) is 0. The highest BCUT2D eigenvalue weighted by atomic mass is 16.6. The van der Waals surface area contributed by atoms with Crippen molar-refractivity contribution in [2.24, 2.45) is 0 Å². The van der Waals surface area contributed by atoms with Gasteiger partial charge in [0.25, 0.3) is 5.91 Å². The molecule has 4 rings (SSSR count). The van der Waals surface area contributed by atoms with Crippen molar-refractivity contribution in [3.05, 3.63) is 59.2 Å². The number of rotatable bonds is 3. The van der Waals surface area contributed by atoms with Crippen LogP contribution in [0.25, 0.3) is 0 Å². The minimum Gasteiger partial charge on any atom is -0.486 e. The molecule has 0 bridgehead atoms. The standard InChI is InChI=1S/C23H26N2O4/c1-22(2,3)16-7-5-15(6-8-16)14-25-20(26)23(4,24-21(25)27)17-9-10-18-19(13-17)29-12-11-28-18/h5-10,13H,11-12,14H2,1-4H3,(H,24,27)/t23-/m0/s1. The summed E-state index contributed by atoms with van der Waals surface area (Å²) in [6, 6.07) is 13.0. The number of urea groups is 1. The smallest absolute Gasteiger partial charge is 0.325 e. The van der Waals surface area contributed by atoms with Gasteiger partial charge in [0.15, 0.2) is 11.5 Å². The molecule has 152 valence electrons. The van der Waals surface area contributed by atoms with Crippen LogP contribution in [0.5, 0.6) is 11.5 Å². The van der Waals surface area contributed by atoms with Crippen LogP contribution < -0.4 is 14.8 Å².